The van der Waals surface area contributed by atoms with Gasteiger partial charge in [0.15, 0.2) is 5.96 Å². The molecule has 0 atom stereocenters. The lowest BCUT2D eigenvalue weighted by atomic mass is 9.97. The molecule has 7 heteroatoms. The molecule has 0 aliphatic carbocycles. The van der Waals surface area contributed by atoms with Crippen LogP contribution in [0.5, 0.6) is 0 Å². The number of nitrogens with zero attached hydrogens (tertiary/aromatic N) is 4. The first-order valence-corrected chi connectivity index (χ1v) is 10.1. The number of guanidine groups is 1. The summed E-state index contributed by atoms with van der Waals surface area (Å²) in [4.78, 5) is 18.4. The van der Waals surface area contributed by atoms with Crippen LogP contribution >= 0.6 is 0 Å². The Morgan fingerprint density at radius 2 is 1.93 bits per heavy atom. The molecule has 3 rings (SSSR count). The van der Waals surface area contributed by atoms with E-state index in [-0.39, 0.29) is 11.9 Å². The molecule has 2 aromatic rings. The van der Waals surface area contributed by atoms with E-state index in [4.69, 9.17) is 9.84 Å². The predicted molar refractivity (Wildman–Crippen MR) is 114 cm³/mol. The van der Waals surface area contributed by atoms with E-state index in [0.29, 0.717) is 6.54 Å². The Morgan fingerprint density at radius 3 is 2.55 bits per heavy atom. The number of carbonyl (C=O) groups excluding carboxylic acids is 1. The lowest BCUT2D eigenvalue weighted by Crippen LogP contribution is -2.46. The third-order valence-electron chi connectivity index (χ3n) is 5.67. The van der Waals surface area contributed by atoms with Crippen LogP contribution in [0.25, 0.3) is 0 Å². The fourth-order valence-electron chi connectivity index (χ4n) is 3.89. The van der Waals surface area contributed by atoms with E-state index in [0.717, 1.165) is 44.1 Å². The number of hydrogen-bond donors (Lipinski definition) is 1. The summed E-state index contributed by atoms with van der Waals surface area (Å²) in [5.74, 6) is 0.752. The minimum absolute atomic E-state index is 0.00457. The van der Waals surface area contributed by atoms with Crippen molar-refractivity contribution in [3.8, 4) is 0 Å². The number of esters is 1. The van der Waals surface area contributed by atoms with E-state index in [9.17, 15) is 4.79 Å². The Kier molecular flexibility index (Phi) is 6.90. The minimum atomic E-state index is -0.107. The van der Waals surface area contributed by atoms with Gasteiger partial charge in [0.05, 0.1) is 25.3 Å². The molecule has 1 aliphatic rings. The second-order valence-electron chi connectivity index (χ2n) is 7.48. The van der Waals surface area contributed by atoms with Crippen molar-refractivity contribution in [3.05, 3.63) is 52.8 Å². The van der Waals surface area contributed by atoms with Crippen LogP contribution in [0, 0.1) is 19.8 Å². The number of aliphatic imine (C=N–C) groups is 1. The molecule has 1 aromatic carbocycles. The number of ether oxygens (including phenoxy) is 1. The fourth-order valence-corrected chi connectivity index (χ4v) is 3.89. The Bertz CT molecular complexity index is 852. The minimum Gasteiger partial charge on any atom is -0.469 e. The summed E-state index contributed by atoms with van der Waals surface area (Å²) in [5.41, 5.74) is 4.64. The first-order chi connectivity index (χ1) is 14.0. The second-order valence-corrected chi connectivity index (χ2v) is 7.48. The quantitative estimate of drug-likeness (QED) is 0.477. The van der Waals surface area contributed by atoms with Gasteiger partial charge in [-0.1, -0.05) is 30.3 Å². The Hall–Kier alpha value is -2.83. The van der Waals surface area contributed by atoms with E-state index < -0.39 is 0 Å². The van der Waals surface area contributed by atoms with Crippen LogP contribution in [0.4, 0.5) is 0 Å². The molecule has 0 saturated carbocycles. The monoisotopic (exact) mass is 397 g/mol. The van der Waals surface area contributed by atoms with E-state index in [2.05, 4.69) is 58.0 Å². The standard InChI is InChI=1S/C22H31N5O2/c1-16-20(17(2)27(25-16)15-18-8-6-5-7-9-18)14-24-22(23-3)26-12-10-19(11-13-26)21(28)29-4/h5-9,19H,10-15H2,1-4H3,(H,23,24). The van der Waals surface area contributed by atoms with E-state index >= 15 is 0 Å². The fraction of sp³-hybridized carbons (Fsp3) is 0.500. The summed E-state index contributed by atoms with van der Waals surface area (Å²) < 4.78 is 6.94. The Balaban J connectivity index is 1.61. The van der Waals surface area contributed by atoms with Crippen LogP contribution in [0.1, 0.15) is 35.4 Å². The normalized spacial score (nSPS) is 15.4. The van der Waals surface area contributed by atoms with Crippen molar-refractivity contribution in [1.82, 2.24) is 20.0 Å². The van der Waals surface area contributed by atoms with Crippen molar-refractivity contribution in [1.29, 1.82) is 0 Å². The first kappa shape index (κ1) is 20.9. The van der Waals surface area contributed by atoms with Crippen LogP contribution in [0.15, 0.2) is 35.3 Å². The molecular formula is C22H31N5O2. The molecule has 1 aliphatic heterocycles. The average molecular weight is 398 g/mol. The van der Waals surface area contributed by atoms with Gasteiger partial charge in [-0.15, -0.1) is 0 Å². The molecule has 2 heterocycles. The van der Waals surface area contributed by atoms with Gasteiger partial charge >= 0.3 is 5.97 Å². The van der Waals surface area contributed by atoms with Gasteiger partial charge < -0.3 is 15.0 Å². The molecule has 1 fully saturated rings. The molecule has 0 amide bonds. The van der Waals surface area contributed by atoms with Gasteiger partial charge in [-0.25, -0.2) is 0 Å². The number of aromatic nitrogens is 2. The molecule has 0 radical (unpaired) electrons. The third-order valence-corrected chi connectivity index (χ3v) is 5.67. The van der Waals surface area contributed by atoms with Gasteiger partial charge in [0, 0.05) is 37.9 Å². The van der Waals surface area contributed by atoms with Crippen molar-refractivity contribution < 1.29 is 9.53 Å². The first-order valence-electron chi connectivity index (χ1n) is 10.1. The summed E-state index contributed by atoms with van der Waals surface area (Å²) in [6, 6.07) is 10.4. The SMILES string of the molecule is CN=C(NCc1c(C)nn(Cc2ccccc2)c1C)N1CCC(C(=O)OC)CC1. The maximum absolute atomic E-state index is 11.7. The zero-order chi connectivity index (χ0) is 20.8. The lowest BCUT2D eigenvalue weighted by molar-refractivity contribution is -0.146. The van der Waals surface area contributed by atoms with Gasteiger partial charge in [-0.2, -0.15) is 5.10 Å². The highest BCUT2D eigenvalue weighted by Crippen LogP contribution is 2.19. The zero-order valence-corrected chi connectivity index (χ0v) is 17.8. The van der Waals surface area contributed by atoms with Crippen molar-refractivity contribution in [2.45, 2.75) is 39.8 Å². The second kappa shape index (κ2) is 9.58. The number of methoxy groups -OCH3 is 1. The Labute approximate surface area is 172 Å². The maximum atomic E-state index is 11.7. The van der Waals surface area contributed by atoms with Crippen molar-refractivity contribution in [3.63, 3.8) is 0 Å². The molecule has 156 valence electrons. The van der Waals surface area contributed by atoms with Gasteiger partial charge in [0.1, 0.15) is 0 Å². The van der Waals surface area contributed by atoms with Gasteiger partial charge in [0.2, 0.25) is 0 Å². The molecule has 1 aromatic heterocycles. The van der Waals surface area contributed by atoms with Crippen LogP contribution in [-0.2, 0) is 22.6 Å². The predicted octanol–water partition coefficient (Wildman–Crippen LogP) is 2.51. The van der Waals surface area contributed by atoms with Crippen LogP contribution < -0.4 is 5.32 Å². The number of likely N-dealkylation sites (tertiary alicyclic amines) is 1. The number of piperidine rings is 1. The average Bonchev–Trinajstić information content (AvgIpc) is 3.02. The molecule has 1 N–H and O–H groups in total. The number of carbonyl (C=O) groups is 1. The number of hydrogen-bond acceptors (Lipinski definition) is 4. The number of aryl methyl sites for hydroxylation is 1. The molecule has 29 heavy (non-hydrogen) atoms. The summed E-state index contributed by atoms with van der Waals surface area (Å²) in [7, 11) is 3.26. The van der Waals surface area contributed by atoms with E-state index in [1.54, 1.807) is 7.05 Å². The van der Waals surface area contributed by atoms with Crippen LogP contribution in [0.3, 0.4) is 0 Å². The Morgan fingerprint density at radius 1 is 1.24 bits per heavy atom. The van der Waals surface area contributed by atoms with Crippen molar-refractivity contribution in [2.24, 2.45) is 10.9 Å². The zero-order valence-electron chi connectivity index (χ0n) is 17.8. The highest BCUT2D eigenvalue weighted by atomic mass is 16.5. The summed E-state index contributed by atoms with van der Waals surface area (Å²) in [6.45, 7) is 7.20. The van der Waals surface area contributed by atoms with Crippen LogP contribution in [0.2, 0.25) is 0 Å². The van der Waals surface area contributed by atoms with Gasteiger partial charge in [0.25, 0.3) is 0 Å². The smallest absolute Gasteiger partial charge is 0.308 e. The summed E-state index contributed by atoms with van der Waals surface area (Å²) in [5, 5.41) is 8.21. The topological polar surface area (TPSA) is 71.8 Å². The number of benzene rings is 1. The lowest BCUT2D eigenvalue weighted by Gasteiger charge is -2.33. The van der Waals surface area contributed by atoms with Gasteiger partial charge in [-0.05, 0) is 32.3 Å². The molecule has 7 nitrogen and oxygen atoms in total. The van der Waals surface area contributed by atoms with Crippen LogP contribution in [-0.4, -0.2) is 53.9 Å². The van der Waals surface area contributed by atoms with Crippen molar-refractivity contribution >= 4 is 11.9 Å². The number of nitrogens with one attached hydrogen (secondary N) is 1. The highest BCUT2D eigenvalue weighted by Gasteiger charge is 2.27. The van der Waals surface area contributed by atoms with Crippen molar-refractivity contribution in [2.75, 3.05) is 27.2 Å². The molecule has 0 bridgehead atoms. The van der Waals surface area contributed by atoms with Gasteiger partial charge in [-0.3, -0.25) is 14.5 Å². The molecule has 1 saturated heterocycles. The highest BCUT2D eigenvalue weighted by molar-refractivity contribution is 5.80. The summed E-state index contributed by atoms with van der Waals surface area (Å²) >= 11 is 0. The largest absolute Gasteiger partial charge is 0.469 e. The molecular weight excluding hydrogens is 366 g/mol. The third kappa shape index (κ3) is 4.96. The molecule has 0 unspecified atom stereocenters. The summed E-state index contributed by atoms with van der Waals surface area (Å²) in [6.07, 6.45) is 1.58. The number of rotatable bonds is 5. The maximum Gasteiger partial charge on any atom is 0.308 e. The van der Waals surface area contributed by atoms with E-state index in [1.165, 1.54) is 23.9 Å². The molecule has 0 spiro atoms. The van der Waals surface area contributed by atoms with E-state index in [1.807, 2.05) is 6.07 Å².